The molecule has 0 saturated heterocycles. The number of benzene rings is 1. The van der Waals surface area contributed by atoms with Crippen molar-refractivity contribution in [1.29, 1.82) is 0 Å². The van der Waals surface area contributed by atoms with Crippen molar-refractivity contribution in [3.05, 3.63) is 34.9 Å². The van der Waals surface area contributed by atoms with E-state index in [9.17, 15) is 4.79 Å². The quantitative estimate of drug-likeness (QED) is 0.820. The van der Waals surface area contributed by atoms with E-state index in [-0.39, 0.29) is 11.4 Å². The molecular weight excluding hydrogens is 234 g/mol. The first-order chi connectivity index (χ1) is 8.22. The van der Waals surface area contributed by atoms with Gasteiger partial charge in [-0.15, -0.1) is 11.6 Å². The highest BCUT2D eigenvalue weighted by Crippen LogP contribution is 2.36. The summed E-state index contributed by atoms with van der Waals surface area (Å²) in [5.74, 6) is 0.543. The van der Waals surface area contributed by atoms with Crippen LogP contribution in [0, 0.1) is 0 Å². The highest BCUT2D eigenvalue weighted by atomic mass is 35.5. The van der Waals surface area contributed by atoms with Crippen molar-refractivity contribution in [3.8, 4) is 0 Å². The number of aryl methyl sites for hydroxylation is 2. The fraction of sp³-hybridized carbons (Fsp3) is 0.500. The van der Waals surface area contributed by atoms with Gasteiger partial charge in [-0.3, -0.25) is 4.79 Å². The van der Waals surface area contributed by atoms with Gasteiger partial charge < -0.3 is 5.32 Å². The van der Waals surface area contributed by atoms with E-state index in [2.05, 4.69) is 11.4 Å². The number of hydrogen-bond donors (Lipinski definition) is 1. The van der Waals surface area contributed by atoms with Crippen LogP contribution in [0.2, 0.25) is 0 Å². The lowest BCUT2D eigenvalue weighted by Gasteiger charge is -2.14. The van der Waals surface area contributed by atoms with Crippen molar-refractivity contribution in [1.82, 2.24) is 5.32 Å². The molecule has 1 N–H and O–H groups in total. The van der Waals surface area contributed by atoms with E-state index >= 15 is 0 Å². The Kier molecular flexibility index (Phi) is 2.62. The number of nitrogens with one attached hydrogen (secondary N) is 1. The topological polar surface area (TPSA) is 29.1 Å². The molecule has 17 heavy (non-hydrogen) atoms. The lowest BCUT2D eigenvalue weighted by atomic mass is 10.1. The van der Waals surface area contributed by atoms with Crippen LogP contribution in [-0.2, 0) is 12.8 Å². The van der Waals surface area contributed by atoms with Crippen molar-refractivity contribution in [2.75, 3.05) is 5.88 Å². The van der Waals surface area contributed by atoms with Crippen molar-refractivity contribution < 1.29 is 4.79 Å². The maximum atomic E-state index is 12.1. The smallest absolute Gasteiger partial charge is 0.251 e. The number of hydrogen-bond acceptors (Lipinski definition) is 1. The van der Waals surface area contributed by atoms with Gasteiger partial charge in [-0.25, -0.2) is 0 Å². The van der Waals surface area contributed by atoms with Crippen LogP contribution in [0.3, 0.4) is 0 Å². The zero-order valence-corrected chi connectivity index (χ0v) is 10.5. The number of halogens is 1. The standard InChI is InChI=1S/C14H16ClNO/c15-9-14(6-7-14)16-13(17)12-5-4-10-2-1-3-11(10)8-12/h4-5,8H,1-3,6-7,9H2,(H,16,17). The van der Waals surface area contributed by atoms with Gasteiger partial charge in [0, 0.05) is 11.4 Å². The van der Waals surface area contributed by atoms with Crippen molar-refractivity contribution in [2.45, 2.75) is 37.6 Å². The molecule has 0 aliphatic heterocycles. The van der Waals surface area contributed by atoms with Gasteiger partial charge in [0.1, 0.15) is 0 Å². The van der Waals surface area contributed by atoms with E-state index in [0.717, 1.165) is 31.2 Å². The van der Waals surface area contributed by atoms with Gasteiger partial charge in [0.05, 0.1) is 5.54 Å². The third-order valence-corrected chi connectivity index (χ3v) is 4.36. The maximum Gasteiger partial charge on any atom is 0.251 e. The van der Waals surface area contributed by atoms with Crippen LogP contribution in [0.15, 0.2) is 18.2 Å². The first kappa shape index (κ1) is 11.1. The average molecular weight is 250 g/mol. The summed E-state index contributed by atoms with van der Waals surface area (Å²) in [5, 5.41) is 3.05. The Morgan fingerprint density at radius 2 is 2.06 bits per heavy atom. The molecule has 3 heteroatoms. The van der Waals surface area contributed by atoms with E-state index in [1.807, 2.05) is 12.1 Å². The summed E-state index contributed by atoms with van der Waals surface area (Å²) in [5.41, 5.74) is 3.41. The van der Waals surface area contributed by atoms with Crippen molar-refractivity contribution >= 4 is 17.5 Å². The molecule has 90 valence electrons. The summed E-state index contributed by atoms with van der Waals surface area (Å²) in [6, 6.07) is 6.07. The number of carbonyl (C=O) groups is 1. The third kappa shape index (κ3) is 2.06. The first-order valence-electron chi connectivity index (χ1n) is 6.23. The molecule has 1 aromatic carbocycles. The number of alkyl halides is 1. The molecule has 0 bridgehead atoms. The van der Waals surface area contributed by atoms with Gasteiger partial charge in [-0.05, 0) is 55.4 Å². The van der Waals surface area contributed by atoms with Gasteiger partial charge in [-0.2, -0.15) is 0 Å². The third-order valence-electron chi connectivity index (χ3n) is 3.85. The van der Waals surface area contributed by atoms with E-state index < -0.39 is 0 Å². The minimum absolute atomic E-state index is 0.0258. The number of rotatable bonds is 3. The molecule has 1 saturated carbocycles. The van der Waals surface area contributed by atoms with E-state index in [1.54, 1.807) is 0 Å². The van der Waals surface area contributed by atoms with Crippen LogP contribution < -0.4 is 5.32 Å². The minimum Gasteiger partial charge on any atom is -0.345 e. The van der Waals surface area contributed by atoms with Crippen molar-refractivity contribution in [2.24, 2.45) is 0 Å². The molecule has 1 fully saturated rings. The number of carbonyl (C=O) groups excluding carboxylic acids is 1. The second kappa shape index (κ2) is 4.02. The predicted octanol–water partition coefficient (Wildman–Crippen LogP) is 2.68. The highest BCUT2D eigenvalue weighted by molar-refractivity contribution is 6.19. The Labute approximate surface area is 106 Å². The van der Waals surface area contributed by atoms with Crippen molar-refractivity contribution in [3.63, 3.8) is 0 Å². The van der Waals surface area contributed by atoms with Crippen LogP contribution in [0.1, 0.15) is 40.7 Å². The monoisotopic (exact) mass is 249 g/mol. The molecule has 0 unspecified atom stereocenters. The summed E-state index contributed by atoms with van der Waals surface area (Å²) in [7, 11) is 0. The first-order valence-corrected chi connectivity index (χ1v) is 6.76. The van der Waals surface area contributed by atoms with E-state index in [4.69, 9.17) is 11.6 Å². The molecular formula is C14H16ClNO. The second-order valence-electron chi connectivity index (χ2n) is 5.21. The van der Waals surface area contributed by atoms with Gasteiger partial charge in [0.25, 0.3) is 5.91 Å². The van der Waals surface area contributed by atoms with E-state index in [0.29, 0.717) is 5.88 Å². The molecule has 2 aliphatic rings. The summed E-state index contributed by atoms with van der Waals surface area (Å²) in [6.07, 6.45) is 5.49. The Morgan fingerprint density at radius 3 is 2.76 bits per heavy atom. The number of amides is 1. The maximum absolute atomic E-state index is 12.1. The highest BCUT2D eigenvalue weighted by Gasteiger charge is 2.43. The Balaban J connectivity index is 1.78. The summed E-state index contributed by atoms with van der Waals surface area (Å²) < 4.78 is 0. The van der Waals surface area contributed by atoms with Gasteiger partial charge >= 0.3 is 0 Å². The lowest BCUT2D eigenvalue weighted by Crippen LogP contribution is -2.38. The fourth-order valence-corrected chi connectivity index (χ4v) is 2.80. The zero-order chi connectivity index (χ0) is 11.9. The van der Waals surface area contributed by atoms with Crippen LogP contribution in [0.25, 0.3) is 0 Å². The van der Waals surface area contributed by atoms with Crippen LogP contribution in [-0.4, -0.2) is 17.3 Å². The second-order valence-corrected chi connectivity index (χ2v) is 5.47. The minimum atomic E-state index is -0.113. The summed E-state index contributed by atoms with van der Waals surface area (Å²) >= 11 is 5.87. The largest absolute Gasteiger partial charge is 0.345 e. The van der Waals surface area contributed by atoms with E-state index in [1.165, 1.54) is 17.5 Å². The van der Waals surface area contributed by atoms with Crippen LogP contribution in [0.4, 0.5) is 0 Å². The molecule has 3 rings (SSSR count). The van der Waals surface area contributed by atoms with Crippen LogP contribution in [0.5, 0.6) is 0 Å². The fourth-order valence-electron chi connectivity index (χ4n) is 2.47. The number of fused-ring (bicyclic) bond motifs is 1. The lowest BCUT2D eigenvalue weighted by molar-refractivity contribution is 0.0936. The molecule has 2 aliphatic carbocycles. The molecule has 2 nitrogen and oxygen atoms in total. The van der Waals surface area contributed by atoms with Gasteiger partial charge in [0.15, 0.2) is 0 Å². The molecule has 0 aromatic heterocycles. The van der Waals surface area contributed by atoms with Gasteiger partial charge in [0.2, 0.25) is 0 Å². The Morgan fingerprint density at radius 1 is 1.29 bits per heavy atom. The zero-order valence-electron chi connectivity index (χ0n) is 9.76. The Bertz CT molecular complexity index is 465. The summed E-state index contributed by atoms with van der Waals surface area (Å²) in [4.78, 5) is 12.1. The summed E-state index contributed by atoms with van der Waals surface area (Å²) in [6.45, 7) is 0. The molecule has 0 spiro atoms. The molecule has 0 atom stereocenters. The molecule has 0 heterocycles. The normalized spacial score (nSPS) is 19.8. The van der Waals surface area contributed by atoms with Gasteiger partial charge in [-0.1, -0.05) is 6.07 Å². The molecule has 0 radical (unpaired) electrons. The predicted molar refractivity (Wildman–Crippen MR) is 68.6 cm³/mol. The molecule has 1 amide bonds. The SMILES string of the molecule is O=C(NC1(CCl)CC1)c1ccc2c(c1)CCC2. The Hall–Kier alpha value is -1.02. The average Bonchev–Trinajstić information content (AvgIpc) is 2.96. The molecule has 1 aromatic rings. The van der Waals surface area contributed by atoms with Crippen LogP contribution >= 0.6 is 11.6 Å².